The molecule has 0 aliphatic rings. The minimum Gasteiger partial charge on any atom is -0.389 e. The standard InChI is InChI=1S/C15H14BrFN2S/c1-9(10-3-2-4-11(16)7-10)19-12-5-6-13(15(18)20)14(17)8-12/h2-9,19H,1H3,(H2,18,20). The predicted molar refractivity (Wildman–Crippen MR) is 88.5 cm³/mol. The van der Waals surface area contributed by atoms with Crippen LogP contribution < -0.4 is 11.1 Å². The highest BCUT2D eigenvalue weighted by Gasteiger charge is 2.09. The van der Waals surface area contributed by atoms with Crippen LogP contribution in [0.3, 0.4) is 0 Å². The van der Waals surface area contributed by atoms with Crippen molar-refractivity contribution in [3.05, 3.63) is 63.9 Å². The van der Waals surface area contributed by atoms with E-state index < -0.39 is 5.82 Å². The molecule has 0 spiro atoms. The number of benzene rings is 2. The van der Waals surface area contributed by atoms with E-state index in [0.717, 1.165) is 10.0 Å². The van der Waals surface area contributed by atoms with Crippen molar-refractivity contribution < 1.29 is 4.39 Å². The third-order valence-corrected chi connectivity index (χ3v) is 3.68. The third kappa shape index (κ3) is 3.55. The molecule has 0 aliphatic heterocycles. The molecule has 104 valence electrons. The monoisotopic (exact) mass is 352 g/mol. The molecule has 1 unspecified atom stereocenters. The minimum atomic E-state index is -0.413. The number of hydrogen-bond donors (Lipinski definition) is 2. The summed E-state index contributed by atoms with van der Waals surface area (Å²) in [4.78, 5) is 0.0640. The van der Waals surface area contributed by atoms with Crippen molar-refractivity contribution in [2.75, 3.05) is 5.32 Å². The number of halogens is 2. The van der Waals surface area contributed by atoms with Gasteiger partial charge in [0, 0.05) is 21.8 Å². The van der Waals surface area contributed by atoms with E-state index in [2.05, 4.69) is 21.2 Å². The first-order valence-corrected chi connectivity index (χ1v) is 7.29. The second-order valence-corrected chi connectivity index (χ2v) is 5.84. The summed E-state index contributed by atoms with van der Waals surface area (Å²) in [6.45, 7) is 2.02. The van der Waals surface area contributed by atoms with E-state index in [4.69, 9.17) is 18.0 Å². The summed E-state index contributed by atoms with van der Waals surface area (Å²) < 4.78 is 14.8. The van der Waals surface area contributed by atoms with Gasteiger partial charge in [-0.05, 0) is 42.8 Å². The maximum absolute atomic E-state index is 13.8. The van der Waals surface area contributed by atoms with Gasteiger partial charge in [-0.1, -0.05) is 40.3 Å². The fourth-order valence-corrected chi connectivity index (χ4v) is 2.50. The summed E-state index contributed by atoms with van der Waals surface area (Å²) in [7, 11) is 0. The molecule has 0 saturated carbocycles. The number of nitrogens with one attached hydrogen (secondary N) is 1. The molecule has 0 aromatic heterocycles. The Morgan fingerprint density at radius 2 is 2.05 bits per heavy atom. The molecule has 0 radical (unpaired) electrons. The van der Waals surface area contributed by atoms with E-state index >= 15 is 0 Å². The Morgan fingerprint density at radius 1 is 1.30 bits per heavy atom. The SMILES string of the molecule is CC(Nc1ccc(C(N)=S)c(F)c1)c1cccc(Br)c1. The summed E-state index contributed by atoms with van der Waals surface area (Å²) in [6.07, 6.45) is 0. The second kappa shape index (κ2) is 6.33. The summed E-state index contributed by atoms with van der Waals surface area (Å²) in [5.41, 5.74) is 7.50. The summed E-state index contributed by atoms with van der Waals surface area (Å²) >= 11 is 8.22. The summed E-state index contributed by atoms with van der Waals surface area (Å²) in [5, 5.41) is 3.25. The summed E-state index contributed by atoms with van der Waals surface area (Å²) in [6, 6.07) is 12.8. The van der Waals surface area contributed by atoms with Crippen LogP contribution in [0.2, 0.25) is 0 Å². The molecule has 0 saturated heterocycles. The van der Waals surface area contributed by atoms with Crippen molar-refractivity contribution in [2.24, 2.45) is 5.73 Å². The average molecular weight is 353 g/mol. The predicted octanol–water partition coefficient (Wildman–Crippen LogP) is 4.40. The highest BCUT2D eigenvalue weighted by molar-refractivity contribution is 9.10. The lowest BCUT2D eigenvalue weighted by Crippen LogP contribution is -2.12. The minimum absolute atomic E-state index is 0.0579. The van der Waals surface area contributed by atoms with Crippen molar-refractivity contribution in [1.29, 1.82) is 0 Å². The fraction of sp³-hybridized carbons (Fsp3) is 0.133. The Bertz CT molecular complexity index is 646. The molecule has 1 atom stereocenters. The van der Waals surface area contributed by atoms with Crippen molar-refractivity contribution in [1.82, 2.24) is 0 Å². The van der Waals surface area contributed by atoms with E-state index in [1.165, 1.54) is 6.07 Å². The van der Waals surface area contributed by atoms with Gasteiger partial charge >= 0.3 is 0 Å². The maximum atomic E-state index is 13.8. The fourth-order valence-electron chi connectivity index (χ4n) is 1.91. The highest BCUT2D eigenvalue weighted by atomic mass is 79.9. The van der Waals surface area contributed by atoms with Crippen LogP contribution in [0.25, 0.3) is 0 Å². The molecule has 2 rings (SSSR count). The van der Waals surface area contributed by atoms with Gasteiger partial charge < -0.3 is 11.1 Å². The molecule has 0 fully saturated rings. The van der Waals surface area contributed by atoms with Crippen LogP contribution in [0, 0.1) is 5.82 Å². The Labute approximate surface area is 131 Å². The number of hydrogen-bond acceptors (Lipinski definition) is 2. The smallest absolute Gasteiger partial charge is 0.135 e. The quantitative estimate of drug-likeness (QED) is 0.801. The van der Waals surface area contributed by atoms with Gasteiger partial charge in [0.05, 0.1) is 0 Å². The maximum Gasteiger partial charge on any atom is 0.135 e. The van der Waals surface area contributed by atoms with Crippen LogP contribution in [0.1, 0.15) is 24.1 Å². The zero-order valence-electron chi connectivity index (χ0n) is 10.9. The van der Waals surface area contributed by atoms with Crippen LogP contribution >= 0.6 is 28.1 Å². The molecule has 2 aromatic rings. The Kier molecular flexibility index (Phi) is 4.73. The van der Waals surface area contributed by atoms with Gasteiger partial charge in [-0.25, -0.2) is 4.39 Å². The van der Waals surface area contributed by atoms with E-state index in [1.807, 2.05) is 31.2 Å². The lowest BCUT2D eigenvalue weighted by atomic mass is 10.1. The zero-order chi connectivity index (χ0) is 14.7. The van der Waals surface area contributed by atoms with Gasteiger partial charge in [0.15, 0.2) is 0 Å². The third-order valence-electron chi connectivity index (χ3n) is 2.97. The molecule has 0 aliphatic carbocycles. The van der Waals surface area contributed by atoms with Crippen LogP contribution in [0.4, 0.5) is 10.1 Å². The normalized spacial score (nSPS) is 11.9. The van der Waals surface area contributed by atoms with Crippen LogP contribution in [0.5, 0.6) is 0 Å². The number of nitrogens with two attached hydrogens (primary N) is 1. The van der Waals surface area contributed by atoms with Gasteiger partial charge in [-0.3, -0.25) is 0 Å². The first-order chi connectivity index (χ1) is 9.47. The first kappa shape index (κ1) is 14.9. The van der Waals surface area contributed by atoms with E-state index in [0.29, 0.717) is 5.69 Å². The van der Waals surface area contributed by atoms with Crippen molar-refractivity contribution in [2.45, 2.75) is 13.0 Å². The first-order valence-electron chi connectivity index (χ1n) is 6.08. The number of thiocarbonyl (C=S) groups is 1. The van der Waals surface area contributed by atoms with Gasteiger partial charge in [0.2, 0.25) is 0 Å². The van der Waals surface area contributed by atoms with Gasteiger partial charge in [0.1, 0.15) is 10.8 Å². The molecule has 0 amide bonds. The van der Waals surface area contributed by atoms with Crippen LogP contribution in [-0.2, 0) is 0 Å². The Balaban J connectivity index is 2.18. The topological polar surface area (TPSA) is 38.0 Å². The average Bonchev–Trinajstić information content (AvgIpc) is 2.38. The van der Waals surface area contributed by atoms with E-state index in [-0.39, 0.29) is 16.6 Å². The molecule has 2 aromatic carbocycles. The Morgan fingerprint density at radius 3 is 2.65 bits per heavy atom. The molecular formula is C15H14BrFN2S. The van der Waals surface area contributed by atoms with Gasteiger partial charge in [0.25, 0.3) is 0 Å². The molecule has 5 heteroatoms. The van der Waals surface area contributed by atoms with Gasteiger partial charge in [-0.2, -0.15) is 0 Å². The van der Waals surface area contributed by atoms with Crippen LogP contribution in [-0.4, -0.2) is 4.99 Å². The largest absolute Gasteiger partial charge is 0.389 e. The molecule has 0 bridgehead atoms. The van der Waals surface area contributed by atoms with Crippen molar-refractivity contribution in [3.8, 4) is 0 Å². The van der Waals surface area contributed by atoms with E-state index in [9.17, 15) is 4.39 Å². The van der Waals surface area contributed by atoms with Crippen molar-refractivity contribution in [3.63, 3.8) is 0 Å². The second-order valence-electron chi connectivity index (χ2n) is 4.48. The lowest BCUT2D eigenvalue weighted by Gasteiger charge is -2.16. The zero-order valence-corrected chi connectivity index (χ0v) is 13.3. The molecule has 2 nitrogen and oxygen atoms in total. The summed E-state index contributed by atoms with van der Waals surface area (Å²) in [5.74, 6) is -0.413. The molecule has 0 heterocycles. The number of rotatable bonds is 4. The lowest BCUT2D eigenvalue weighted by molar-refractivity contribution is 0.625. The highest BCUT2D eigenvalue weighted by Crippen LogP contribution is 2.23. The van der Waals surface area contributed by atoms with Gasteiger partial charge in [-0.15, -0.1) is 0 Å². The Hall–Kier alpha value is -1.46. The molecule has 20 heavy (non-hydrogen) atoms. The molecular weight excluding hydrogens is 339 g/mol. The van der Waals surface area contributed by atoms with Crippen LogP contribution in [0.15, 0.2) is 46.9 Å². The van der Waals surface area contributed by atoms with Crippen molar-refractivity contribution >= 4 is 38.8 Å². The molecule has 3 N–H and O–H groups in total. The number of anilines is 1. The van der Waals surface area contributed by atoms with E-state index in [1.54, 1.807) is 12.1 Å².